The van der Waals surface area contributed by atoms with Crippen LogP contribution in [0.25, 0.3) is 0 Å². The number of hydrogen-bond acceptors (Lipinski definition) is 3. The Bertz CT molecular complexity index is 298. The van der Waals surface area contributed by atoms with E-state index in [1.807, 2.05) is 12.1 Å². The predicted molar refractivity (Wildman–Crippen MR) is 59.1 cm³/mol. The van der Waals surface area contributed by atoms with Gasteiger partial charge in [-0.1, -0.05) is 13.8 Å². The predicted octanol–water partition coefficient (Wildman–Crippen LogP) is 2.65. The molecule has 0 aliphatic carbocycles. The third-order valence-electron chi connectivity index (χ3n) is 2.12. The highest BCUT2D eigenvalue weighted by molar-refractivity contribution is 4.98. The molecule has 1 aromatic rings. The highest BCUT2D eigenvalue weighted by Gasteiger charge is 2.09. The van der Waals surface area contributed by atoms with Gasteiger partial charge in [-0.2, -0.15) is 5.26 Å². The van der Waals surface area contributed by atoms with Gasteiger partial charge in [0, 0.05) is 19.5 Å². The Morgan fingerprint density at radius 2 is 2.33 bits per heavy atom. The second-order valence-electron chi connectivity index (χ2n) is 4.12. The topological polar surface area (TPSA) is 40.2 Å². The molecule has 0 aliphatic heterocycles. The van der Waals surface area contributed by atoms with Gasteiger partial charge >= 0.3 is 0 Å². The van der Waals surface area contributed by atoms with Crippen molar-refractivity contribution in [3.8, 4) is 6.07 Å². The summed E-state index contributed by atoms with van der Waals surface area (Å²) in [5, 5.41) is 8.58. The first-order chi connectivity index (χ1) is 7.22. The van der Waals surface area contributed by atoms with Crippen molar-refractivity contribution < 1.29 is 4.42 Å². The Kier molecular flexibility index (Phi) is 4.92. The van der Waals surface area contributed by atoms with Crippen molar-refractivity contribution in [3.05, 3.63) is 24.2 Å². The molecule has 82 valence electrons. The van der Waals surface area contributed by atoms with Crippen molar-refractivity contribution in [2.45, 2.75) is 26.8 Å². The molecule has 0 radical (unpaired) electrons. The molecule has 0 aromatic carbocycles. The molecule has 1 heterocycles. The maximum atomic E-state index is 8.58. The van der Waals surface area contributed by atoms with Crippen LogP contribution in [0.2, 0.25) is 0 Å². The third-order valence-corrected chi connectivity index (χ3v) is 2.12. The van der Waals surface area contributed by atoms with Crippen LogP contribution in [0.1, 0.15) is 26.0 Å². The minimum Gasteiger partial charge on any atom is -0.468 e. The van der Waals surface area contributed by atoms with Crippen LogP contribution in [-0.4, -0.2) is 18.0 Å². The highest BCUT2D eigenvalue weighted by Crippen LogP contribution is 2.08. The summed E-state index contributed by atoms with van der Waals surface area (Å²) in [5.74, 6) is 1.58. The molecule has 15 heavy (non-hydrogen) atoms. The maximum Gasteiger partial charge on any atom is 0.117 e. The Morgan fingerprint density at radius 3 is 2.87 bits per heavy atom. The second kappa shape index (κ2) is 6.26. The molecule has 0 spiro atoms. The van der Waals surface area contributed by atoms with E-state index in [0.717, 1.165) is 25.4 Å². The summed E-state index contributed by atoms with van der Waals surface area (Å²) in [4.78, 5) is 2.26. The minimum atomic E-state index is 0.577. The van der Waals surface area contributed by atoms with E-state index < -0.39 is 0 Å². The summed E-state index contributed by atoms with van der Waals surface area (Å²) in [6.07, 6.45) is 2.26. The fourth-order valence-electron chi connectivity index (χ4n) is 1.58. The van der Waals surface area contributed by atoms with Crippen LogP contribution < -0.4 is 0 Å². The van der Waals surface area contributed by atoms with Gasteiger partial charge in [0.15, 0.2) is 0 Å². The van der Waals surface area contributed by atoms with Crippen molar-refractivity contribution in [2.24, 2.45) is 5.92 Å². The Morgan fingerprint density at radius 1 is 1.53 bits per heavy atom. The Balaban J connectivity index is 2.45. The maximum absolute atomic E-state index is 8.58. The van der Waals surface area contributed by atoms with Gasteiger partial charge in [-0.3, -0.25) is 4.90 Å². The van der Waals surface area contributed by atoms with Crippen molar-refractivity contribution in [3.63, 3.8) is 0 Å². The first-order valence-electron chi connectivity index (χ1n) is 5.34. The minimum absolute atomic E-state index is 0.577. The highest BCUT2D eigenvalue weighted by atomic mass is 16.3. The van der Waals surface area contributed by atoms with E-state index in [0.29, 0.717) is 12.3 Å². The summed E-state index contributed by atoms with van der Waals surface area (Å²) >= 11 is 0. The third kappa shape index (κ3) is 4.66. The lowest BCUT2D eigenvalue weighted by Gasteiger charge is -2.21. The van der Waals surface area contributed by atoms with Gasteiger partial charge in [0.25, 0.3) is 0 Å². The Labute approximate surface area is 91.3 Å². The first-order valence-corrected chi connectivity index (χ1v) is 5.34. The average molecular weight is 206 g/mol. The molecule has 1 rings (SSSR count). The molecule has 0 atom stereocenters. The van der Waals surface area contributed by atoms with Gasteiger partial charge in [0.05, 0.1) is 18.9 Å². The summed E-state index contributed by atoms with van der Waals surface area (Å²) in [6.45, 7) is 6.98. The van der Waals surface area contributed by atoms with Crippen molar-refractivity contribution in [1.29, 1.82) is 5.26 Å². The van der Waals surface area contributed by atoms with E-state index >= 15 is 0 Å². The Hall–Kier alpha value is -1.27. The number of rotatable bonds is 6. The summed E-state index contributed by atoms with van der Waals surface area (Å²) in [5.41, 5.74) is 0. The molecular formula is C12H18N2O. The van der Waals surface area contributed by atoms with E-state index in [9.17, 15) is 0 Å². The van der Waals surface area contributed by atoms with Crippen LogP contribution in [0, 0.1) is 17.2 Å². The number of furan rings is 1. The first kappa shape index (κ1) is 11.8. The lowest BCUT2D eigenvalue weighted by molar-refractivity contribution is 0.223. The molecule has 0 N–H and O–H groups in total. The molecule has 0 fully saturated rings. The fourth-order valence-corrected chi connectivity index (χ4v) is 1.58. The molecule has 0 saturated heterocycles. The number of nitrogens with zero attached hydrogens (tertiary/aromatic N) is 2. The smallest absolute Gasteiger partial charge is 0.117 e. The van der Waals surface area contributed by atoms with Crippen LogP contribution in [0.3, 0.4) is 0 Å². The van der Waals surface area contributed by atoms with Crippen molar-refractivity contribution >= 4 is 0 Å². The van der Waals surface area contributed by atoms with E-state index in [4.69, 9.17) is 9.68 Å². The zero-order valence-electron chi connectivity index (χ0n) is 9.44. The average Bonchev–Trinajstić information content (AvgIpc) is 2.66. The lowest BCUT2D eigenvalue weighted by Crippen LogP contribution is -2.28. The summed E-state index contributed by atoms with van der Waals surface area (Å²) < 4.78 is 5.30. The van der Waals surface area contributed by atoms with Gasteiger partial charge in [0.1, 0.15) is 5.76 Å². The monoisotopic (exact) mass is 206 g/mol. The van der Waals surface area contributed by atoms with Gasteiger partial charge < -0.3 is 4.42 Å². The SMILES string of the molecule is CC(C)CN(CCC#N)Cc1ccco1. The van der Waals surface area contributed by atoms with Crippen LogP contribution in [0.4, 0.5) is 0 Å². The number of hydrogen-bond donors (Lipinski definition) is 0. The normalized spacial score (nSPS) is 10.9. The summed E-state index contributed by atoms with van der Waals surface area (Å²) in [6, 6.07) is 6.05. The van der Waals surface area contributed by atoms with Crippen LogP contribution in [0.15, 0.2) is 22.8 Å². The largest absolute Gasteiger partial charge is 0.468 e. The molecule has 0 unspecified atom stereocenters. The van der Waals surface area contributed by atoms with Crippen molar-refractivity contribution in [2.75, 3.05) is 13.1 Å². The molecule has 0 aliphatic rings. The number of nitriles is 1. The van der Waals surface area contributed by atoms with Crippen molar-refractivity contribution in [1.82, 2.24) is 4.90 Å². The van der Waals surface area contributed by atoms with Crippen LogP contribution in [0.5, 0.6) is 0 Å². The van der Waals surface area contributed by atoms with E-state index in [1.54, 1.807) is 6.26 Å². The quantitative estimate of drug-likeness (QED) is 0.718. The zero-order chi connectivity index (χ0) is 11.1. The lowest BCUT2D eigenvalue weighted by atomic mass is 10.2. The molecule has 0 amide bonds. The fraction of sp³-hybridized carbons (Fsp3) is 0.583. The van der Waals surface area contributed by atoms with E-state index in [-0.39, 0.29) is 0 Å². The molecule has 3 nitrogen and oxygen atoms in total. The van der Waals surface area contributed by atoms with Gasteiger partial charge in [-0.05, 0) is 18.1 Å². The zero-order valence-corrected chi connectivity index (χ0v) is 9.44. The van der Waals surface area contributed by atoms with Gasteiger partial charge in [-0.25, -0.2) is 0 Å². The molecular weight excluding hydrogens is 188 g/mol. The molecule has 0 saturated carbocycles. The van der Waals surface area contributed by atoms with E-state index in [2.05, 4.69) is 24.8 Å². The molecule has 3 heteroatoms. The van der Waals surface area contributed by atoms with E-state index in [1.165, 1.54) is 0 Å². The van der Waals surface area contributed by atoms with Crippen LogP contribution in [-0.2, 0) is 6.54 Å². The van der Waals surface area contributed by atoms with Gasteiger partial charge in [0.2, 0.25) is 0 Å². The second-order valence-corrected chi connectivity index (χ2v) is 4.12. The molecule has 1 aromatic heterocycles. The van der Waals surface area contributed by atoms with Gasteiger partial charge in [-0.15, -0.1) is 0 Å². The summed E-state index contributed by atoms with van der Waals surface area (Å²) in [7, 11) is 0. The standard InChI is InChI=1S/C12H18N2O/c1-11(2)9-14(7-4-6-13)10-12-5-3-8-15-12/h3,5,8,11H,4,7,9-10H2,1-2H3. The van der Waals surface area contributed by atoms with Crippen LogP contribution >= 0.6 is 0 Å². The molecule has 0 bridgehead atoms.